The minimum Gasteiger partial charge on any atom is -0.464 e. The van der Waals surface area contributed by atoms with Crippen molar-refractivity contribution in [1.29, 1.82) is 0 Å². The van der Waals surface area contributed by atoms with E-state index in [1.807, 2.05) is 7.05 Å². The number of aromatic nitrogens is 2. The van der Waals surface area contributed by atoms with Crippen LogP contribution in [0.1, 0.15) is 29.8 Å². The zero-order valence-electron chi connectivity index (χ0n) is 11.4. The van der Waals surface area contributed by atoms with Crippen LogP contribution in [-0.4, -0.2) is 42.9 Å². The summed E-state index contributed by atoms with van der Waals surface area (Å²) in [5, 5.41) is 7.99. The van der Waals surface area contributed by atoms with E-state index in [1.54, 1.807) is 12.1 Å². The van der Waals surface area contributed by atoms with Crippen LogP contribution in [0.3, 0.4) is 0 Å². The van der Waals surface area contributed by atoms with Gasteiger partial charge in [-0.25, -0.2) is 4.79 Å². The second-order valence-corrected chi connectivity index (χ2v) is 4.87. The second kappa shape index (κ2) is 5.97. The molecule has 1 saturated carbocycles. The fraction of sp³-hybridized carbons (Fsp3) is 0.615. The van der Waals surface area contributed by atoms with Crippen LogP contribution in [0.15, 0.2) is 12.1 Å². The number of hydrogen-bond donors (Lipinski definition) is 1. The number of carbonyl (C=O) groups excluding carboxylic acids is 1. The first-order valence-electron chi connectivity index (χ1n) is 6.52. The molecule has 0 amide bonds. The average molecular weight is 264 g/mol. The van der Waals surface area contributed by atoms with Crippen molar-refractivity contribution >= 4 is 11.8 Å². The fourth-order valence-corrected chi connectivity index (χ4v) is 2.70. The lowest BCUT2D eigenvalue weighted by molar-refractivity contribution is 0.0592. The molecule has 1 fully saturated rings. The van der Waals surface area contributed by atoms with Gasteiger partial charge >= 0.3 is 5.97 Å². The van der Waals surface area contributed by atoms with Crippen molar-refractivity contribution in [3.05, 3.63) is 17.8 Å². The molecule has 2 unspecified atom stereocenters. The molecule has 1 aromatic rings. The lowest BCUT2D eigenvalue weighted by Gasteiger charge is -2.29. The molecule has 0 aliphatic heterocycles. The Bertz CT molecular complexity index is 435. The van der Waals surface area contributed by atoms with Crippen LogP contribution < -0.4 is 10.6 Å². The van der Waals surface area contributed by atoms with Gasteiger partial charge in [-0.15, -0.1) is 10.2 Å². The molecule has 0 bridgehead atoms. The molecule has 2 atom stereocenters. The van der Waals surface area contributed by atoms with Gasteiger partial charge in [0.2, 0.25) is 0 Å². The third kappa shape index (κ3) is 2.84. The molecule has 1 heterocycles. The average Bonchev–Trinajstić information content (AvgIpc) is 2.94. The van der Waals surface area contributed by atoms with E-state index in [2.05, 4.69) is 19.8 Å². The SMILES string of the molecule is COC(=O)c1ccc(N(C)C2CCCC2CN)nn1. The largest absolute Gasteiger partial charge is 0.464 e. The molecule has 0 radical (unpaired) electrons. The van der Waals surface area contributed by atoms with Crippen LogP contribution in [0.4, 0.5) is 5.82 Å². The van der Waals surface area contributed by atoms with Gasteiger partial charge in [0.25, 0.3) is 0 Å². The van der Waals surface area contributed by atoms with E-state index in [1.165, 1.54) is 20.0 Å². The standard InChI is InChI=1S/C13H20N4O2/c1-17(11-5-3-4-9(11)8-14)12-7-6-10(15-16-12)13(18)19-2/h6-7,9,11H,3-5,8,14H2,1-2H3. The highest BCUT2D eigenvalue weighted by Gasteiger charge is 2.30. The summed E-state index contributed by atoms with van der Waals surface area (Å²) >= 11 is 0. The van der Waals surface area contributed by atoms with Crippen molar-refractivity contribution in [3.63, 3.8) is 0 Å². The van der Waals surface area contributed by atoms with Crippen molar-refractivity contribution in [2.45, 2.75) is 25.3 Å². The van der Waals surface area contributed by atoms with Crippen LogP contribution in [0.2, 0.25) is 0 Å². The normalized spacial score (nSPS) is 22.3. The third-order valence-electron chi connectivity index (χ3n) is 3.83. The first kappa shape index (κ1) is 13.7. The molecular formula is C13H20N4O2. The molecule has 19 heavy (non-hydrogen) atoms. The van der Waals surface area contributed by atoms with Crippen LogP contribution in [0.5, 0.6) is 0 Å². The summed E-state index contributed by atoms with van der Waals surface area (Å²) in [6.45, 7) is 0.697. The predicted molar refractivity (Wildman–Crippen MR) is 72.0 cm³/mol. The van der Waals surface area contributed by atoms with E-state index >= 15 is 0 Å². The quantitative estimate of drug-likeness (QED) is 0.811. The van der Waals surface area contributed by atoms with Gasteiger partial charge in [-0.1, -0.05) is 6.42 Å². The van der Waals surface area contributed by atoms with Crippen LogP contribution in [-0.2, 0) is 4.74 Å². The molecule has 1 aliphatic rings. The molecule has 2 rings (SSSR count). The molecule has 1 aromatic heterocycles. The van der Waals surface area contributed by atoms with Gasteiger partial charge < -0.3 is 15.4 Å². The van der Waals surface area contributed by atoms with E-state index in [0.717, 1.165) is 12.2 Å². The summed E-state index contributed by atoms with van der Waals surface area (Å²) in [5.74, 6) is 0.799. The number of methoxy groups -OCH3 is 1. The number of ether oxygens (including phenoxy) is 1. The molecule has 2 N–H and O–H groups in total. The molecule has 6 heteroatoms. The summed E-state index contributed by atoms with van der Waals surface area (Å²) in [7, 11) is 3.33. The molecule has 0 spiro atoms. The Balaban J connectivity index is 2.11. The number of hydrogen-bond acceptors (Lipinski definition) is 6. The second-order valence-electron chi connectivity index (χ2n) is 4.87. The van der Waals surface area contributed by atoms with Crippen LogP contribution in [0, 0.1) is 5.92 Å². The van der Waals surface area contributed by atoms with Crippen molar-refractivity contribution in [1.82, 2.24) is 10.2 Å². The van der Waals surface area contributed by atoms with Gasteiger partial charge in [0.05, 0.1) is 7.11 Å². The topological polar surface area (TPSA) is 81.3 Å². The zero-order valence-corrected chi connectivity index (χ0v) is 11.4. The van der Waals surface area contributed by atoms with E-state index in [4.69, 9.17) is 5.73 Å². The number of nitrogens with two attached hydrogens (primary N) is 1. The smallest absolute Gasteiger partial charge is 0.358 e. The lowest BCUT2D eigenvalue weighted by atomic mass is 10.0. The lowest BCUT2D eigenvalue weighted by Crippen LogP contribution is -2.38. The van der Waals surface area contributed by atoms with Crippen molar-refractivity contribution in [2.75, 3.05) is 25.6 Å². The highest BCUT2D eigenvalue weighted by atomic mass is 16.5. The minimum absolute atomic E-state index is 0.224. The summed E-state index contributed by atoms with van der Waals surface area (Å²) < 4.78 is 4.60. The monoisotopic (exact) mass is 264 g/mol. The Morgan fingerprint density at radius 2 is 2.26 bits per heavy atom. The molecule has 104 valence electrons. The van der Waals surface area contributed by atoms with Crippen molar-refractivity contribution in [3.8, 4) is 0 Å². The number of rotatable bonds is 4. The Morgan fingerprint density at radius 1 is 1.47 bits per heavy atom. The minimum atomic E-state index is -0.470. The van der Waals surface area contributed by atoms with E-state index in [-0.39, 0.29) is 5.69 Å². The molecule has 0 aromatic carbocycles. The number of anilines is 1. The van der Waals surface area contributed by atoms with Crippen LogP contribution >= 0.6 is 0 Å². The summed E-state index contributed by atoms with van der Waals surface area (Å²) in [6.07, 6.45) is 3.49. The zero-order chi connectivity index (χ0) is 13.8. The number of esters is 1. The maximum atomic E-state index is 11.3. The molecular weight excluding hydrogens is 244 g/mol. The van der Waals surface area contributed by atoms with E-state index < -0.39 is 5.97 Å². The Hall–Kier alpha value is -1.69. The van der Waals surface area contributed by atoms with Gasteiger partial charge in [0, 0.05) is 13.1 Å². The maximum Gasteiger partial charge on any atom is 0.358 e. The molecule has 6 nitrogen and oxygen atoms in total. The number of nitrogens with zero attached hydrogens (tertiary/aromatic N) is 3. The summed E-state index contributed by atoms with van der Waals surface area (Å²) in [6, 6.07) is 3.84. The van der Waals surface area contributed by atoms with E-state index in [9.17, 15) is 4.79 Å². The third-order valence-corrected chi connectivity index (χ3v) is 3.83. The molecule has 1 aliphatic carbocycles. The Kier molecular flexibility index (Phi) is 4.31. The van der Waals surface area contributed by atoms with Crippen molar-refractivity contribution in [2.24, 2.45) is 11.7 Å². The van der Waals surface area contributed by atoms with E-state index in [0.29, 0.717) is 18.5 Å². The maximum absolute atomic E-state index is 11.3. The number of carbonyl (C=O) groups is 1. The first-order valence-corrected chi connectivity index (χ1v) is 6.52. The van der Waals surface area contributed by atoms with Gasteiger partial charge in [-0.2, -0.15) is 0 Å². The highest BCUT2D eigenvalue weighted by Crippen LogP contribution is 2.30. The van der Waals surface area contributed by atoms with Gasteiger partial charge in [-0.3, -0.25) is 0 Å². The Morgan fingerprint density at radius 3 is 2.84 bits per heavy atom. The van der Waals surface area contributed by atoms with Crippen molar-refractivity contribution < 1.29 is 9.53 Å². The first-order chi connectivity index (χ1) is 9.17. The highest BCUT2D eigenvalue weighted by molar-refractivity contribution is 5.86. The van der Waals surface area contributed by atoms with Crippen LogP contribution in [0.25, 0.3) is 0 Å². The summed E-state index contributed by atoms with van der Waals surface area (Å²) in [4.78, 5) is 13.4. The molecule has 0 saturated heterocycles. The fourth-order valence-electron chi connectivity index (χ4n) is 2.70. The van der Waals surface area contributed by atoms with Gasteiger partial charge in [0.1, 0.15) is 0 Å². The van der Waals surface area contributed by atoms with Gasteiger partial charge in [0.15, 0.2) is 11.5 Å². The Labute approximate surface area is 112 Å². The van der Waals surface area contributed by atoms with Gasteiger partial charge in [-0.05, 0) is 37.4 Å². The predicted octanol–water partition coefficient (Wildman–Crippen LogP) is 0.827. The summed E-state index contributed by atoms with van der Waals surface area (Å²) in [5.41, 5.74) is 6.02.